The molecule has 1 aromatic heterocycles. The van der Waals surface area contributed by atoms with Crippen molar-refractivity contribution in [2.24, 2.45) is 0 Å². The number of nitrogens with zero attached hydrogens (tertiary/aromatic N) is 2. The molecule has 1 atom stereocenters. The zero-order valence-electron chi connectivity index (χ0n) is 13.3. The Morgan fingerprint density at radius 2 is 2.35 bits per heavy atom. The number of aromatic amines is 1. The number of fused-ring (bicyclic) bond motifs is 1. The molecule has 2 aromatic rings. The number of aromatic nitrogens is 2. The molecular weight excluding hydrogens is 296 g/mol. The number of benzene rings is 1. The summed E-state index contributed by atoms with van der Waals surface area (Å²) in [6.45, 7) is 4.23. The molecule has 23 heavy (non-hydrogen) atoms. The molecular formula is C16H20N4O3. The van der Waals surface area contributed by atoms with Gasteiger partial charge in [-0.25, -0.2) is 14.7 Å². The third kappa shape index (κ3) is 3.28. The number of rotatable bonds is 5. The molecule has 122 valence electrons. The Balaban J connectivity index is 1.77. The van der Waals surface area contributed by atoms with Gasteiger partial charge < -0.3 is 15.0 Å². The van der Waals surface area contributed by atoms with Crippen LogP contribution in [0, 0.1) is 0 Å². The Hall–Kier alpha value is -2.57. The van der Waals surface area contributed by atoms with E-state index in [9.17, 15) is 9.59 Å². The maximum absolute atomic E-state index is 12.0. The summed E-state index contributed by atoms with van der Waals surface area (Å²) >= 11 is 0. The lowest BCUT2D eigenvalue weighted by atomic mass is 10.1. The van der Waals surface area contributed by atoms with Gasteiger partial charge in [0.15, 0.2) is 0 Å². The fourth-order valence-electron chi connectivity index (χ4n) is 2.67. The van der Waals surface area contributed by atoms with Crippen molar-refractivity contribution in [2.75, 3.05) is 18.0 Å². The van der Waals surface area contributed by atoms with Crippen molar-refractivity contribution in [1.29, 1.82) is 0 Å². The number of imidazole rings is 1. The van der Waals surface area contributed by atoms with E-state index in [-0.39, 0.29) is 12.0 Å². The average molecular weight is 316 g/mol. The van der Waals surface area contributed by atoms with E-state index in [4.69, 9.17) is 4.74 Å². The Morgan fingerprint density at radius 1 is 1.52 bits per heavy atom. The first kappa shape index (κ1) is 15.3. The van der Waals surface area contributed by atoms with Crippen LogP contribution < -0.4 is 10.2 Å². The van der Waals surface area contributed by atoms with Gasteiger partial charge in [0.2, 0.25) is 11.9 Å². The predicted molar refractivity (Wildman–Crippen MR) is 86.4 cm³/mol. The van der Waals surface area contributed by atoms with E-state index in [0.29, 0.717) is 19.0 Å². The lowest BCUT2D eigenvalue weighted by Gasteiger charge is -2.09. The van der Waals surface area contributed by atoms with E-state index in [1.165, 1.54) is 17.4 Å². The molecule has 0 spiro atoms. The summed E-state index contributed by atoms with van der Waals surface area (Å²) in [6, 6.07) is 6.08. The maximum Gasteiger partial charge on any atom is 0.417 e. The highest BCUT2D eigenvalue weighted by Gasteiger charge is 2.34. The minimum Gasteiger partial charge on any atom is -0.442 e. The van der Waals surface area contributed by atoms with Crippen molar-refractivity contribution < 1.29 is 14.3 Å². The number of cyclic esters (lactones) is 1. The fourth-order valence-corrected chi connectivity index (χ4v) is 2.67. The van der Waals surface area contributed by atoms with E-state index < -0.39 is 6.09 Å². The Kier molecular flexibility index (Phi) is 4.18. The second kappa shape index (κ2) is 6.28. The highest BCUT2D eigenvalue weighted by molar-refractivity contribution is 5.90. The molecule has 1 fully saturated rings. The van der Waals surface area contributed by atoms with Crippen LogP contribution in [0.5, 0.6) is 0 Å². The normalized spacial score (nSPS) is 17.6. The largest absolute Gasteiger partial charge is 0.442 e. The van der Waals surface area contributed by atoms with Gasteiger partial charge in [-0.05, 0) is 24.1 Å². The molecule has 7 heteroatoms. The quantitative estimate of drug-likeness (QED) is 0.883. The molecule has 0 bridgehead atoms. The zero-order valence-corrected chi connectivity index (χ0v) is 13.3. The summed E-state index contributed by atoms with van der Waals surface area (Å²) in [5.41, 5.74) is 2.95. The smallest absolute Gasteiger partial charge is 0.417 e. The number of carbonyl (C=O) groups excluding carboxylic acids is 2. The van der Waals surface area contributed by atoms with Gasteiger partial charge in [0.25, 0.3) is 0 Å². The second-order valence-corrected chi connectivity index (χ2v) is 5.72. The van der Waals surface area contributed by atoms with Crippen LogP contribution in [0.4, 0.5) is 10.7 Å². The summed E-state index contributed by atoms with van der Waals surface area (Å²) in [6.07, 6.45) is 1.26. The molecule has 2 heterocycles. The summed E-state index contributed by atoms with van der Waals surface area (Å²) < 4.78 is 5.25. The monoisotopic (exact) mass is 316 g/mol. The van der Waals surface area contributed by atoms with Crippen molar-refractivity contribution in [3.63, 3.8) is 0 Å². The van der Waals surface area contributed by atoms with Crippen LogP contribution in [-0.2, 0) is 16.0 Å². The van der Waals surface area contributed by atoms with Gasteiger partial charge in [0.05, 0.1) is 24.1 Å². The lowest BCUT2D eigenvalue weighted by molar-refractivity contribution is -0.119. The van der Waals surface area contributed by atoms with Crippen LogP contribution in [-0.4, -0.2) is 41.2 Å². The third-order valence-corrected chi connectivity index (χ3v) is 3.78. The molecule has 7 nitrogen and oxygen atoms in total. The van der Waals surface area contributed by atoms with Crippen LogP contribution in [0.25, 0.3) is 11.0 Å². The van der Waals surface area contributed by atoms with Gasteiger partial charge in [0.1, 0.15) is 6.10 Å². The number of carbonyl (C=O) groups is 2. The standard InChI is InChI=1S/C16H20N4O3/c1-3-4-11-5-6-13-14(7-11)19-15(18-13)20-9-12(23-16(20)22)8-17-10(2)21/h5-7,12H,3-4,8-9H2,1-2H3,(H,17,21)(H,18,19)/t12-/m1/s1. The van der Waals surface area contributed by atoms with Gasteiger partial charge in [-0.3, -0.25) is 4.79 Å². The number of amides is 2. The predicted octanol–water partition coefficient (Wildman–Crippen LogP) is 1.98. The Labute approximate surface area is 134 Å². The number of aryl methyl sites for hydroxylation is 1. The third-order valence-electron chi connectivity index (χ3n) is 3.78. The molecule has 1 saturated heterocycles. The van der Waals surface area contributed by atoms with Crippen LogP contribution in [0.2, 0.25) is 0 Å². The van der Waals surface area contributed by atoms with Gasteiger partial charge in [-0.2, -0.15) is 0 Å². The molecule has 1 aliphatic rings. The fraction of sp³-hybridized carbons (Fsp3) is 0.438. The number of ether oxygens (including phenoxy) is 1. The first-order valence-corrected chi connectivity index (χ1v) is 7.78. The summed E-state index contributed by atoms with van der Waals surface area (Å²) in [4.78, 5) is 32.1. The maximum atomic E-state index is 12.0. The molecule has 0 aliphatic carbocycles. The number of anilines is 1. The van der Waals surface area contributed by atoms with Crippen LogP contribution >= 0.6 is 0 Å². The Bertz CT molecular complexity index is 740. The lowest BCUT2D eigenvalue weighted by Crippen LogP contribution is -2.33. The first-order valence-electron chi connectivity index (χ1n) is 7.78. The van der Waals surface area contributed by atoms with Crippen molar-refractivity contribution in [2.45, 2.75) is 32.8 Å². The molecule has 1 aromatic carbocycles. The first-order chi connectivity index (χ1) is 11.1. The molecule has 1 aliphatic heterocycles. The van der Waals surface area contributed by atoms with Gasteiger partial charge in [-0.15, -0.1) is 0 Å². The summed E-state index contributed by atoms with van der Waals surface area (Å²) in [5, 5.41) is 2.65. The highest BCUT2D eigenvalue weighted by Crippen LogP contribution is 2.23. The summed E-state index contributed by atoms with van der Waals surface area (Å²) in [5.74, 6) is 0.329. The van der Waals surface area contributed by atoms with E-state index in [1.54, 1.807) is 0 Å². The van der Waals surface area contributed by atoms with Crippen molar-refractivity contribution >= 4 is 29.0 Å². The molecule has 0 saturated carbocycles. The minimum atomic E-state index is -0.451. The average Bonchev–Trinajstić information content (AvgIpc) is 3.08. The van der Waals surface area contributed by atoms with E-state index >= 15 is 0 Å². The van der Waals surface area contributed by atoms with Gasteiger partial charge in [0, 0.05) is 6.92 Å². The number of H-pyrrole nitrogens is 1. The van der Waals surface area contributed by atoms with E-state index in [1.807, 2.05) is 12.1 Å². The van der Waals surface area contributed by atoms with Crippen LogP contribution in [0.3, 0.4) is 0 Å². The van der Waals surface area contributed by atoms with Crippen LogP contribution in [0.15, 0.2) is 18.2 Å². The van der Waals surface area contributed by atoms with Gasteiger partial charge >= 0.3 is 6.09 Å². The number of hydrogen-bond donors (Lipinski definition) is 2. The topological polar surface area (TPSA) is 87.3 Å². The van der Waals surface area contributed by atoms with Crippen molar-refractivity contribution in [3.05, 3.63) is 23.8 Å². The van der Waals surface area contributed by atoms with E-state index in [2.05, 4.69) is 28.3 Å². The number of hydrogen-bond acceptors (Lipinski definition) is 4. The zero-order chi connectivity index (χ0) is 16.4. The Morgan fingerprint density at radius 3 is 3.09 bits per heavy atom. The minimum absolute atomic E-state index is 0.147. The second-order valence-electron chi connectivity index (χ2n) is 5.72. The van der Waals surface area contributed by atoms with Crippen LogP contribution in [0.1, 0.15) is 25.8 Å². The highest BCUT2D eigenvalue weighted by atomic mass is 16.6. The summed E-state index contributed by atoms with van der Waals surface area (Å²) in [7, 11) is 0. The molecule has 2 amide bonds. The SMILES string of the molecule is CCCc1ccc2[nH]c(N3C[C@@H](CNC(C)=O)OC3=O)nc2c1. The number of nitrogens with one attached hydrogen (secondary N) is 2. The van der Waals surface area contributed by atoms with Crippen molar-refractivity contribution in [3.8, 4) is 0 Å². The van der Waals surface area contributed by atoms with Crippen molar-refractivity contribution in [1.82, 2.24) is 15.3 Å². The molecule has 3 rings (SSSR count). The van der Waals surface area contributed by atoms with E-state index in [0.717, 1.165) is 23.9 Å². The van der Waals surface area contributed by atoms with Gasteiger partial charge in [-0.1, -0.05) is 19.4 Å². The molecule has 0 unspecified atom stereocenters. The molecule has 2 N–H and O–H groups in total. The molecule has 0 radical (unpaired) electrons.